The number of carbonyl (C=O) groups excluding carboxylic acids is 2. The number of esters is 1. The number of ether oxygens (including phenoxy) is 1. The van der Waals surface area contributed by atoms with Gasteiger partial charge in [0.1, 0.15) is 11.5 Å². The van der Waals surface area contributed by atoms with E-state index >= 15 is 0 Å². The van der Waals surface area contributed by atoms with Gasteiger partial charge in [0.2, 0.25) is 0 Å². The molecule has 1 N–H and O–H groups in total. The van der Waals surface area contributed by atoms with Crippen LogP contribution in [0.25, 0.3) is 0 Å². The van der Waals surface area contributed by atoms with Crippen LogP contribution in [-0.4, -0.2) is 23.1 Å². The minimum atomic E-state index is -0.801. The second-order valence-corrected chi connectivity index (χ2v) is 4.48. The molecule has 16 heavy (non-hydrogen) atoms. The maximum Gasteiger partial charge on any atom is 0.315 e. The maximum atomic E-state index is 11.7. The fourth-order valence-electron chi connectivity index (χ4n) is 1.14. The number of nitrogens with one attached hydrogen (secondary N) is 1. The molecule has 4 heteroatoms. The predicted molar refractivity (Wildman–Crippen MR) is 62.6 cm³/mol. The Balaban J connectivity index is 4.74. The molecule has 4 nitrogen and oxygen atoms in total. The Morgan fingerprint density at radius 1 is 1.44 bits per heavy atom. The number of ketones is 1. The summed E-state index contributed by atoms with van der Waals surface area (Å²) >= 11 is 0. The van der Waals surface area contributed by atoms with Gasteiger partial charge in [-0.15, -0.1) is 0 Å². The summed E-state index contributed by atoms with van der Waals surface area (Å²) in [6.07, 6.45) is 1.41. The van der Waals surface area contributed by atoms with Crippen molar-refractivity contribution in [2.45, 2.75) is 39.7 Å². The third-order valence-corrected chi connectivity index (χ3v) is 1.90. The lowest BCUT2D eigenvalue weighted by atomic mass is 9.97. The third kappa shape index (κ3) is 4.38. The van der Waals surface area contributed by atoms with Crippen LogP contribution in [0.1, 0.15) is 34.1 Å². The van der Waals surface area contributed by atoms with Crippen molar-refractivity contribution in [3.8, 4) is 0 Å². The molecule has 0 aromatic heterocycles. The monoisotopic (exact) mass is 225 g/mol. The summed E-state index contributed by atoms with van der Waals surface area (Å²) in [5.74, 6) is -1.86. The topological polar surface area (TPSA) is 67.2 Å². The van der Waals surface area contributed by atoms with Gasteiger partial charge < -0.3 is 10.1 Å². The van der Waals surface area contributed by atoms with Crippen LogP contribution in [0.5, 0.6) is 0 Å². The smallest absolute Gasteiger partial charge is 0.315 e. The van der Waals surface area contributed by atoms with E-state index < -0.39 is 23.3 Å². The van der Waals surface area contributed by atoms with Crippen LogP contribution in [0, 0.1) is 11.3 Å². The van der Waals surface area contributed by atoms with Gasteiger partial charge in [0, 0.05) is 0 Å². The molecule has 0 aromatic carbocycles. The summed E-state index contributed by atoms with van der Waals surface area (Å²) in [4.78, 5) is 22.9. The molecule has 0 bridgehead atoms. The van der Waals surface area contributed by atoms with Gasteiger partial charge in [0.05, 0.1) is 5.71 Å². The van der Waals surface area contributed by atoms with Gasteiger partial charge in [-0.05, 0) is 33.3 Å². The average Bonchev–Trinajstić information content (AvgIpc) is 2.14. The molecule has 0 fully saturated rings. The Hall–Kier alpha value is -1.45. The first-order valence-electron chi connectivity index (χ1n) is 5.21. The molecule has 0 heterocycles. The van der Waals surface area contributed by atoms with Gasteiger partial charge in [-0.25, -0.2) is 0 Å². The van der Waals surface area contributed by atoms with Crippen molar-refractivity contribution in [3.63, 3.8) is 0 Å². The van der Waals surface area contributed by atoms with Crippen LogP contribution >= 0.6 is 0 Å². The predicted octanol–water partition coefficient (Wildman–Crippen LogP) is 2.13. The van der Waals surface area contributed by atoms with Crippen molar-refractivity contribution in [1.29, 1.82) is 5.41 Å². The van der Waals surface area contributed by atoms with Crippen molar-refractivity contribution in [2.75, 3.05) is 0 Å². The number of allylic oxidation sites excluding steroid dienone is 1. The molecule has 0 amide bonds. The molecule has 1 unspecified atom stereocenters. The van der Waals surface area contributed by atoms with Crippen LogP contribution < -0.4 is 0 Å². The van der Waals surface area contributed by atoms with Crippen LogP contribution in [0.15, 0.2) is 12.7 Å². The van der Waals surface area contributed by atoms with E-state index in [0.29, 0.717) is 6.42 Å². The van der Waals surface area contributed by atoms with Crippen molar-refractivity contribution in [2.24, 2.45) is 5.92 Å². The lowest BCUT2D eigenvalue weighted by molar-refractivity contribution is -0.157. The van der Waals surface area contributed by atoms with Gasteiger partial charge in [-0.1, -0.05) is 13.5 Å². The molecule has 0 aromatic rings. The summed E-state index contributed by atoms with van der Waals surface area (Å²) in [6, 6.07) is 0. The summed E-state index contributed by atoms with van der Waals surface area (Å²) in [6.45, 7) is 10.3. The minimum Gasteiger partial charge on any atom is -0.459 e. The van der Waals surface area contributed by atoms with Crippen LogP contribution in [-0.2, 0) is 14.3 Å². The summed E-state index contributed by atoms with van der Waals surface area (Å²) in [5.41, 5.74) is -0.867. The van der Waals surface area contributed by atoms with Gasteiger partial charge in [-0.3, -0.25) is 9.59 Å². The fraction of sp³-hybridized carbons (Fsp3) is 0.583. The highest BCUT2D eigenvalue weighted by Crippen LogP contribution is 2.15. The molecule has 0 aliphatic rings. The average molecular weight is 225 g/mol. The maximum absolute atomic E-state index is 11.7. The number of hydrogen-bond donors (Lipinski definition) is 1. The molecule has 1 atom stereocenters. The van der Waals surface area contributed by atoms with E-state index in [9.17, 15) is 9.59 Å². The summed E-state index contributed by atoms with van der Waals surface area (Å²) in [5, 5.41) is 7.57. The minimum absolute atomic E-state index is 0.258. The van der Waals surface area contributed by atoms with Gasteiger partial charge in [-0.2, -0.15) is 0 Å². The Labute approximate surface area is 96.2 Å². The molecule has 0 aliphatic heterocycles. The van der Waals surface area contributed by atoms with Gasteiger partial charge >= 0.3 is 5.97 Å². The molecule has 0 radical (unpaired) electrons. The van der Waals surface area contributed by atoms with E-state index in [0.717, 1.165) is 6.08 Å². The number of carbonyl (C=O) groups is 2. The van der Waals surface area contributed by atoms with Crippen LogP contribution in [0.3, 0.4) is 0 Å². The van der Waals surface area contributed by atoms with Crippen molar-refractivity contribution in [3.05, 3.63) is 12.7 Å². The van der Waals surface area contributed by atoms with Crippen molar-refractivity contribution < 1.29 is 14.3 Å². The summed E-state index contributed by atoms with van der Waals surface area (Å²) in [7, 11) is 0. The van der Waals surface area contributed by atoms with E-state index in [4.69, 9.17) is 10.1 Å². The standard InChI is InChI=1S/C12H19NO3/c1-6-8(10(13)9(14)7-2)11(15)16-12(3,4)5/h7-8,13H,2,6H2,1,3-5H3. The van der Waals surface area contributed by atoms with Crippen molar-refractivity contribution >= 4 is 17.5 Å². The van der Waals surface area contributed by atoms with Gasteiger partial charge in [0.25, 0.3) is 0 Å². The second kappa shape index (κ2) is 5.58. The zero-order chi connectivity index (χ0) is 12.9. The third-order valence-electron chi connectivity index (χ3n) is 1.90. The lowest BCUT2D eigenvalue weighted by Gasteiger charge is -2.23. The SMILES string of the molecule is C=CC(=O)C(=N)C(CC)C(=O)OC(C)(C)C. The normalized spacial score (nSPS) is 12.8. The number of rotatable bonds is 5. The van der Waals surface area contributed by atoms with E-state index in [2.05, 4.69) is 6.58 Å². The van der Waals surface area contributed by atoms with E-state index in [1.54, 1.807) is 27.7 Å². The molecule has 90 valence electrons. The molecule has 0 aliphatic carbocycles. The Morgan fingerprint density at radius 2 is 1.94 bits per heavy atom. The Kier molecular flexibility index (Phi) is 5.08. The molecular formula is C12H19NO3. The van der Waals surface area contributed by atoms with E-state index in [1.807, 2.05) is 0 Å². The first-order valence-corrected chi connectivity index (χ1v) is 5.21. The molecular weight excluding hydrogens is 206 g/mol. The van der Waals surface area contributed by atoms with Gasteiger partial charge in [0.15, 0.2) is 5.78 Å². The first kappa shape index (κ1) is 14.6. The number of hydrogen-bond acceptors (Lipinski definition) is 4. The Bertz CT molecular complexity index is 313. The fourth-order valence-corrected chi connectivity index (χ4v) is 1.14. The molecule has 0 spiro atoms. The van der Waals surface area contributed by atoms with E-state index in [1.165, 1.54) is 0 Å². The zero-order valence-corrected chi connectivity index (χ0v) is 10.3. The highest BCUT2D eigenvalue weighted by molar-refractivity contribution is 6.45. The molecule has 0 saturated heterocycles. The second-order valence-electron chi connectivity index (χ2n) is 4.48. The largest absolute Gasteiger partial charge is 0.459 e. The highest BCUT2D eigenvalue weighted by Gasteiger charge is 2.29. The van der Waals surface area contributed by atoms with E-state index in [-0.39, 0.29) is 5.71 Å². The van der Waals surface area contributed by atoms with Crippen LogP contribution in [0.2, 0.25) is 0 Å². The lowest BCUT2D eigenvalue weighted by Crippen LogP contribution is -2.34. The first-order chi connectivity index (χ1) is 7.22. The molecule has 0 rings (SSSR count). The molecule has 0 saturated carbocycles. The highest BCUT2D eigenvalue weighted by atomic mass is 16.6. The van der Waals surface area contributed by atoms with Crippen LogP contribution in [0.4, 0.5) is 0 Å². The summed E-state index contributed by atoms with van der Waals surface area (Å²) < 4.78 is 5.14. The quantitative estimate of drug-likeness (QED) is 0.443. The Morgan fingerprint density at radius 3 is 2.25 bits per heavy atom. The zero-order valence-electron chi connectivity index (χ0n) is 10.3. The van der Waals surface area contributed by atoms with Crippen molar-refractivity contribution in [1.82, 2.24) is 0 Å².